The molecule has 2 saturated heterocycles. The Labute approximate surface area is 219 Å². The Bertz CT molecular complexity index is 1400. The van der Waals surface area contributed by atoms with E-state index in [4.69, 9.17) is 14.5 Å². The molecule has 3 N–H and O–H groups in total. The number of piperidine rings is 1. The largest absolute Gasteiger partial charge is 0.515 e. The van der Waals surface area contributed by atoms with Gasteiger partial charge in [0.25, 0.3) is 6.43 Å². The van der Waals surface area contributed by atoms with Gasteiger partial charge < -0.3 is 24.5 Å². The molecule has 0 spiro atoms. The summed E-state index contributed by atoms with van der Waals surface area (Å²) in [5.41, 5.74) is 4.37. The number of hydrogen-bond acceptors (Lipinski definition) is 6. The van der Waals surface area contributed by atoms with Gasteiger partial charge in [0.2, 0.25) is 0 Å². The molecule has 2 aliphatic rings. The number of benzene rings is 1. The summed E-state index contributed by atoms with van der Waals surface area (Å²) in [7, 11) is 1.65. The second-order valence-electron chi connectivity index (χ2n) is 9.47. The molecule has 0 amide bonds. The highest BCUT2D eigenvalue weighted by Gasteiger charge is 2.32. The molecule has 0 bridgehead atoms. The van der Waals surface area contributed by atoms with Crippen molar-refractivity contribution in [2.45, 2.75) is 38.2 Å². The number of nitrogens with one attached hydrogen (secondary N) is 2. The number of likely N-dealkylation sites (tertiary alicyclic amines) is 1. The van der Waals surface area contributed by atoms with E-state index >= 15 is 0 Å². The first-order valence-electron chi connectivity index (χ1n) is 12.7. The highest BCUT2D eigenvalue weighted by molar-refractivity contribution is 5.94. The number of nitrogens with zero attached hydrogens (tertiary/aromatic N) is 3. The van der Waals surface area contributed by atoms with Gasteiger partial charge in [0.1, 0.15) is 17.9 Å². The number of aliphatic hydroxyl groups is 1. The minimum absolute atomic E-state index is 0.170. The number of rotatable bonds is 8. The van der Waals surface area contributed by atoms with Crippen LogP contribution in [0.5, 0.6) is 5.75 Å². The maximum absolute atomic E-state index is 13.2. The maximum atomic E-state index is 13.2. The summed E-state index contributed by atoms with van der Waals surface area (Å²) in [6.45, 7) is 4.41. The maximum Gasteiger partial charge on any atom is 0.272 e. The Morgan fingerprint density at radius 2 is 2.13 bits per heavy atom. The van der Waals surface area contributed by atoms with E-state index in [1.807, 2.05) is 12.1 Å². The third-order valence-electron chi connectivity index (χ3n) is 7.19. The number of halogens is 2. The second kappa shape index (κ2) is 11.4. The van der Waals surface area contributed by atoms with Crippen molar-refractivity contribution < 1.29 is 23.4 Å². The van der Waals surface area contributed by atoms with Crippen molar-refractivity contribution in [2.75, 3.05) is 40.0 Å². The van der Waals surface area contributed by atoms with Crippen molar-refractivity contribution in [2.24, 2.45) is 4.99 Å². The Hall–Kier alpha value is -3.68. The van der Waals surface area contributed by atoms with Gasteiger partial charge in [0.05, 0.1) is 47.9 Å². The summed E-state index contributed by atoms with van der Waals surface area (Å²) in [6.07, 6.45) is 3.55. The van der Waals surface area contributed by atoms with Crippen LogP contribution in [-0.4, -0.2) is 83.6 Å². The molecule has 2 aliphatic heterocycles. The van der Waals surface area contributed by atoms with Crippen LogP contribution in [0.2, 0.25) is 0 Å². The van der Waals surface area contributed by atoms with Crippen LogP contribution in [0.25, 0.3) is 16.6 Å². The molecule has 0 aliphatic carbocycles. The zero-order valence-electron chi connectivity index (χ0n) is 21.4. The van der Waals surface area contributed by atoms with Gasteiger partial charge in [-0.15, -0.1) is 5.92 Å². The molecule has 2 fully saturated rings. The van der Waals surface area contributed by atoms with Gasteiger partial charge in [-0.2, -0.15) is 0 Å². The second-order valence-corrected chi connectivity index (χ2v) is 9.47. The number of aromatic nitrogens is 3. The molecule has 0 saturated carbocycles. The van der Waals surface area contributed by atoms with Crippen molar-refractivity contribution in [3.8, 4) is 17.6 Å². The van der Waals surface area contributed by atoms with Crippen molar-refractivity contribution in [1.82, 2.24) is 19.9 Å². The predicted octanol–water partition coefficient (Wildman–Crippen LogP) is 4.48. The minimum Gasteiger partial charge on any atom is -0.515 e. The molecular weight excluding hydrogens is 492 g/mol. The standard InChI is InChI=1S/C28H31F2N5O3/c1-3-4-18-11-32-25(21(18)12-31-2)22(13-36)28-33-23-6-5-20(27(26(23)34-28)38-16-24(29)30)17-7-9-35(10-8-17)19-14-37-15-19/h5-6,11-13,17,19,24,32,36H,7-10,14-16H2,1-2H3,(H,33,34). The van der Waals surface area contributed by atoms with Crippen LogP contribution in [0.4, 0.5) is 8.78 Å². The number of fused-ring (bicyclic) bond motifs is 1. The third kappa shape index (κ3) is 5.04. The van der Waals surface area contributed by atoms with Gasteiger partial charge in [-0.25, -0.2) is 13.8 Å². The van der Waals surface area contributed by atoms with Crippen LogP contribution >= 0.6 is 0 Å². The van der Waals surface area contributed by atoms with Gasteiger partial charge in [0, 0.05) is 25.0 Å². The Morgan fingerprint density at radius 3 is 2.76 bits per heavy atom. The lowest BCUT2D eigenvalue weighted by Gasteiger charge is -2.41. The lowest BCUT2D eigenvalue weighted by Crippen LogP contribution is -2.51. The summed E-state index contributed by atoms with van der Waals surface area (Å²) in [5.74, 6) is 6.80. The number of alkyl halides is 2. The highest BCUT2D eigenvalue weighted by Crippen LogP contribution is 2.40. The van der Waals surface area contributed by atoms with Gasteiger partial charge >= 0.3 is 0 Å². The van der Waals surface area contributed by atoms with Gasteiger partial charge in [-0.1, -0.05) is 12.0 Å². The van der Waals surface area contributed by atoms with E-state index < -0.39 is 13.0 Å². The number of imidazole rings is 1. The Morgan fingerprint density at radius 1 is 1.34 bits per heavy atom. The van der Waals surface area contributed by atoms with Gasteiger partial charge in [-0.05, 0) is 50.4 Å². The van der Waals surface area contributed by atoms with Crippen LogP contribution in [0.15, 0.2) is 29.6 Å². The quantitative estimate of drug-likeness (QED) is 0.230. The smallest absolute Gasteiger partial charge is 0.272 e. The first-order valence-corrected chi connectivity index (χ1v) is 12.7. The molecule has 3 aromatic rings. The van der Waals surface area contributed by atoms with E-state index in [-0.39, 0.29) is 5.92 Å². The lowest BCUT2D eigenvalue weighted by molar-refractivity contribution is -0.0713. The first-order chi connectivity index (χ1) is 18.5. The summed E-state index contributed by atoms with van der Waals surface area (Å²) >= 11 is 0. The topological polar surface area (TPSA) is 98.8 Å². The SMILES string of the molecule is CC#Cc1c[nH]c(C(=CO)c2nc3c(OCC(F)F)c(C4CCN(C5COC5)CC4)ccc3[nH]2)c1C=NC. The van der Waals surface area contributed by atoms with Crippen LogP contribution in [0.1, 0.15) is 53.9 Å². The average Bonchev–Trinajstić information content (AvgIpc) is 3.48. The molecular formula is C28H31F2N5O3. The molecule has 5 rings (SSSR count). The summed E-state index contributed by atoms with van der Waals surface area (Å²) in [6, 6.07) is 4.32. The van der Waals surface area contributed by atoms with E-state index in [0.29, 0.717) is 45.5 Å². The molecule has 8 nitrogen and oxygen atoms in total. The van der Waals surface area contributed by atoms with Crippen molar-refractivity contribution in [3.63, 3.8) is 0 Å². The molecule has 0 atom stereocenters. The minimum atomic E-state index is -2.61. The average molecular weight is 524 g/mol. The Balaban J connectivity index is 1.52. The molecule has 2 aromatic heterocycles. The molecule has 0 unspecified atom stereocenters. The van der Waals surface area contributed by atoms with Crippen molar-refractivity contribution >= 4 is 22.8 Å². The monoisotopic (exact) mass is 523 g/mol. The molecule has 4 heterocycles. The summed E-state index contributed by atoms with van der Waals surface area (Å²) < 4.78 is 37.5. The van der Waals surface area contributed by atoms with Crippen LogP contribution in [0, 0.1) is 11.8 Å². The number of hydrogen-bond donors (Lipinski definition) is 3. The summed E-state index contributed by atoms with van der Waals surface area (Å²) in [5, 5.41) is 10.2. The van der Waals surface area contributed by atoms with E-state index in [0.717, 1.165) is 56.5 Å². The molecule has 38 heavy (non-hydrogen) atoms. The fraction of sp³-hybridized carbons (Fsp3) is 0.429. The zero-order chi connectivity index (χ0) is 26.6. The van der Waals surface area contributed by atoms with Crippen LogP contribution in [0.3, 0.4) is 0 Å². The van der Waals surface area contributed by atoms with Crippen LogP contribution in [-0.2, 0) is 4.74 Å². The highest BCUT2D eigenvalue weighted by atomic mass is 19.3. The molecule has 200 valence electrons. The number of aromatic amines is 2. The van der Waals surface area contributed by atoms with E-state index in [2.05, 4.69) is 31.7 Å². The normalized spacial score (nSPS) is 17.8. The van der Waals surface area contributed by atoms with Crippen molar-refractivity contribution in [1.29, 1.82) is 0 Å². The fourth-order valence-electron chi connectivity index (χ4n) is 5.23. The van der Waals surface area contributed by atoms with Crippen molar-refractivity contribution in [3.05, 3.63) is 52.8 Å². The number of aliphatic hydroxyl groups excluding tert-OH is 1. The first kappa shape index (κ1) is 25.9. The molecule has 10 heteroatoms. The number of H-pyrrole nitrogens is 2. The Kier molecular flexibility index (Phi) is 7.77. The van der Waals surface area contributed by atoms with Gasteiger partial charge in [0.15, 0.2) is 5.75 Å². The zero-order valence-corrected chi connectivity index (χ0v) is 21.4. The fourth-order valence-corrected chi connectivity index (χ4v) is 5.23. The lowest BCUT2D eigenvalue weighted by atomic mass is 9.87. The third-order valence-corrected chi connectivity index (χ3v) is 7.19. The molecule has 1 aromatic carbocycles. The van der Waals surface area contributed by atoms with E-state index in [9.17, 15) is 13.9 Å². The predicted molar refractivity (Wildman–Crippen MR) is 142 cm³/mol. The van der Waals surface area contributed by atoms with E-state index in [1.54, 1.807) is 26.4 Å². The van der Waals surface area contributed by atoms with Crippen LogP contribution < -0.4 is 4.74 Å². The number of aliphatic imine (C=N–C) groups is 1. The molecule has 0 radical (unpaired) electrons. The number of ether oxygens (including phenoxy) is 2. The van der Waals surface area contributed by atoms with Gasteiger partial charge in [-0.3, -0.25) is 9.89 Å². The van der Waals surface area contributed by atoms with E-state index in [1.165, 1.54) is 0 Å². The summed E-state index contributed by atoms with van der Waals surface area (Å²) in [4.78, 5) is 17.7.